The minimum absolute atomic E-state index is 0.0776. The number of nitrogens with one attached hydrogen (secondary N) is 1. The molecule has 2 aromatic carbocycles. The van der Waals surface area contributed by atoms with Crippen molar-refractivity contribution < 1.29 is 14.5 Å². The first-order valence-corrected chi connectivity index (χ1v) is 9.59. The third kappa shape index (κ3) is 4.75. The van der Waals surface area contributed by atoms with Crippen LogP contribution in [0.25, 0.3) is 0 Å². The fraction of sp³-hybridized carbons (Fsp3) is 0.190. The lowest BCUT2D eigenvalue weighted by atomic mass is 10.0. The van der Waals surface area contributed by atoms with Gasteiger partial charge in [0.05, 0.1) is 11.0 Å². The van der Waals surface area contributed by atoms with Gasteiger partial charge >= 0.3 is 5.69 Å². The van der Waals surface area contributed by atoms with Gasteiger partial charge in [0.25, 0.3) is 5.91 Å². The Hall–Kier alpha value is -3.19. The third-order valence-corrected chi connectivity index (χ3v) is 5.15. The smallest absolute Gasteiger partial charge is 0.311 e. The number of benzene rings is 2. The highest BCUT2D eigenvalue weighted by molar-refractivity contribution is 7.10. The molecule has 1 unspecified atom stereocenters. The topological polar surface area (TPSA) is 81.5 Å². The molecule has 0 radical (unpaired) electrons. The molecule has 3 rings (SSSR count). The number of nitrogens with zero attached hydrogens (tertiary/aromatic N) is 1. The molecule has 1 atom stereocenters. The standard InChI is InChI=1S/C21H20N2O4S/c1-14-5-8-16(9-6-14)21(19-4-3-11-28-19)22-20(24)13-27-18-10-7-15(2)12-17(18)23(25)26/h3-12,21H,13H2,1-2H3,(H,22,24). The number of hydrogen-bond acceptors (Lipinski definition) is 5. The van der Waals surface area contributed by atoms with Crippen LogP contribution in [0.5, 0.6) is 5.75 Å². The van der Waals surface area contributed by atoms with Crippen LogP contribution in [0.4, 0.5) is 5.69 Å². The Morgan fingerprint density at radius 2 is 1.86 bits per heavy atom. The van der Waals surface area contributed by atoms with Gasteiger partial charge in [0.15, 0.2) is 12.4 Å². The highest BCUT2D eigenvalue weighted by Gasteiger charge is 2.20. The van der Waals surface area contributed by atoms with E-state index in [0.717, 1.165) is 21.6 Å². The average Bonchev–Trinajstić information content (AvgIpc) is 3.20. The molecule has 6 nitrogen and oxygen atoms in total. The van der Waals surface area contributed by atoms with Crippen LogP contribution in [0, 0.1) is 24.0 Å². The highest BCUT2D eigenvalue weighted by Crippen LogP contribution is 2.28. The Kier molecular flexibility index (Phi) is 6.06. The Morgan fingerprint density at radius 1 is 1.14 bits per heavy atom. The van der Waals surface area contributed by atoms with Gasteiger partial charge in [-0.05, 0) is 42.5 Å². The lowest BCUT2D eigenvalue weighted by molar-refractivity contribution is -0.385. The number of rotatable bonds is 7. The summed E-state index contributed by atoms with van der Waals surface area (Å²) in [6, 6.07) is 16.2. The zero-order valence-corrected chi connectivity index (χ0v) is 16.4. The van der Waals surface area contributed by atoms with Gasteiger partial charge in [0, 0.05) is 10.9 Å². The second-order valence-electron chi connectivity index (χ2n) is 6.44. The Balaban J connectivity index is 1.73. The maximum atomic E-state index is 12.5. The maximum Gasteiger partial charge on any atom is 0.311 e. The van der Waals surface area contributed by atoms with Crippen molar-refractivity contribution in [2.45, 2.75) is 19.9 Å². The number of amides is 1. The van der Waals surface area contributed by atoms with Crippen molar-refractivity contribution in [2.24, 2.45) is 0 Å². The number of hydrogen-bond donors (Lipinski definition) is 1. The predicted molar refractivity (Wildman–Crippen MR) is 109 cm³/mol. The summed E-state index contributed by atoms with van der Waals surface area (Å²) in [6.07, 6.45) is 0. The van der Waals surface area contributed by atoms with Gasteiger partial charge in [0.1, 0.15) is 0 Å². The van der Waals surface area contributed by atoms with E-state index >= 15 is 0 Å². The summed E-state index contributed by atoms with van der Waals surface area (Å²) in [5.41, 5.74) is 2.69. The van der Waals surface area contributed by atoms with Gasteiger partial charge in [-0.2, -0.15) is 0 Å². The zero-order valence-electron chi connectivity index (χ0n) is 15.5. The number of thiophene rings is 1. The molecule has 28 heavy (non-hydrogen) atoms. The number of carbonyl (C=O) groups excluding carboxylic acids is 1. The molecule has 0 spiro atoms. The molecule has 0 bridgehead atoms. The number of nitro benzene ring substituents is 1. The van der Waals surface area contributed by atoms with Crippen LogP contribution in [-0.2, 0) is 4.79 Å². The molecule has 3 aromatic rings. The van der Waals surface area contributed by atoms with E-state index in [1.165, 1.54) is 12.1 Å². The summed E-state index contributed by atoms with van der Waals surface area (Å²) < 4.78 is 5.44. The van der Waals surface area contributed by atoms with Crippen molar-refractivity contribution in [3.05, 3.63) is 91.7 Å². The minimum Gasteiger partial charge on any atom is -0.477 e. The van der Waals surface area contributed by atoms with Gasteiger partial charge in [-0.15, -0.1) is 11.3 Å². The van der Waals surface area contributed by atoms with Crippen LogP contribution in [0.1, 0.15) is 27.6 Å². The van der Waals surface area contributed by atoms with Crippen molar-refractivity contribution >= 4 is 22.9 Å². The first kappa shape index (κ1) is 19.6. The van der Waals surface area contributed by atoms with E-state index < -0.39 is 4.92 Å². The lowest BCUT2D eigenvalue weighted by Crippen LogP contribution is -2.33. The van der Waals surface area contributed by atoms with Crippen molar-refractivity contribution in [3.8, 4) is 5.75 Å². The number of aryl methyl sites for hydroxylation is 2. The van der Waals surface area contributed by atoms with E-state index in [2.05, 4.69) is 5.32 Å². The van der Waals surface area contributed by atoms with Gasteiger partial charge < -0.3 is 10.1 Å². The molecule has 7 heteroatoms. The summed E-state index contributed by atoms with van der Waals surface area (Å²) >= 11 is 1.55. The molecule has 0 saturated carbocycles. The molecule has 1 heterocycles. The van der Waals surface area contributed by atoms with E-state index in [1.807, 2.05) is 48.7 Å². The number of carbonyl (C=O) groups is 1. The quantitative estimate of drug-likeness (QED) is 0.469. The summed E-state index contributed by atoms with van der Waals surface area (Å²) in [6.45, 7) is 3.46. The first-order chi connectivity index (χ1) is 13.4. The van der Waals surface area contributed by atoms with Crippen LogP contribution in [0.2, 0.25) is 0 Å². The van der Waals surface area contributed by atoms with Crippen LogP contribution in [0.3, 0.4) is 0 Å². The molecule has 1 aromatic heterocycles. The maximum absolute atomic E-state index is 12.5. The zero-order chi connectivity index (χ0) is 20.1. The average molecular weight is 396 g/mol. The van der Waals surface area contributed by atoms with Crippen molar-refractivity contribution in [2.75, 3.05) is 6.61 Å². The third-order valence-electron chi connectivity index (χ3n) is 4.21. The van der Waals surface area contributed by atoms with E-state index in [1.54, 1.807) is 24.3 Å². The molecule has 0 aliphatic rings. The molecule has 144 valence electrons. The van der Waals surface area contributed by atoms with Crippen LogP contribution in [0.15, 0.2) is 60.0 Å². The van der Waals surface area contributed by atoms with Crippen LogP contribution in [-0.4, -0.2) is 17.4 Å². The fourth-order valence-corrected chi connectivity index (χ4v) is 3.57. The SMILES string of the molecule is Cc1ccc(C(NC(=O)COc2ccc(C)cc2[N+](=O)[O-])c2cccs2)cc1. The van der Waals surface area contributed by atoms with Crippen molar-refractivity contribution in [1.29, 1.82) is 0 Å². The fourth-order valence-electron chi connectivity index (χ4n) is 2.77. The van der Waals surface area contributed by atoms with Crippen LogP contribution >= 0.6 is 11.3 Å². The van der Waals surface area contributed by atoms with Crippen molar-refractivity contribution in [1.82, 2.24) is 5.32 Å². The monoisotopic (exact) mass is 396 g/mol. The van der Waals surface area contributed by atoms with Gasteiger partial charge in [0.2, 0.25) is 0 Å². The van der Waals surface area contributed by atoms with E-state index in [9.17, 15) is 14.9 Å². The molecular weight excluding hydrogens is 376 g/mol. The normalized spacial score (nSPS) is 11.6. The lowest BCUT2D eigenvalue weighted by Gasteiger charge is -2.18. The van der Waals surface area contributed by atoms with Crippen LogP contribution < -0.4 is 10.1 Å². The second kappa shape index (κ2) is 8.67. The molecule has 1 amide bonds. The molecular formula is C21H20N2O4S. The summed E-state index contributed by atoms with van der Waals surface area (Å²) in [5.74, 6) is -0.275. The number of nitro groups is 1. The molecule has 0 fully saturated rings. The molecule has 0 aliphatic carbocycles. The summed E-state index contributed by atoms with van der Waals surface area (Å²) in [5, 5.41) is 16.1. The Bertz CT molecular complexity index is 969. The highest BCUT2D eigenvalue weighted by atomic mass is 32.1. The van der Waals surface area contributed by atoms with Gasteiger partial charge in [-0.25, -0.2) is 0 Å². The molecule has 0 saturated heterocycles. The van der Waals surface area contributed by atoms with Gasteiger partial charge in [-0.3, -0.25) is 14.9 Å². The Morgan fingerprint density at radius 3 is 2.50 bits per heavy atom. The second-order valence-corrected chi connectivity index (χ2v) is 7.42. The molecule has 0 aliphatic heterocycles. The van der Waals surface area contributed by atoms with Crippen molar-refractivity contribution in [3.63, 3.8) is 0 Å². The summed E-state index contributed by atoms with van der Waals surface area (Å²) in [7, 11) is 0. The van der Waals surface area contributed by atoms with Gasteiger partial charge in [-0.1, -0.05) is 42.0 Å². The largest absolute Gasteiger partial charge is 0.477 e. The first-order valence-electron chi connectivity index (χ1n) is 8.71. The van der Waals surface area contributed by atoms with E-state index in [-0.39, 0.29) is 30.0 Å². The summed E-state index contributed by atoms with van der Waals surface area (Å²) in [4.78, 5) is 24.2. The minimum atomic E-state index is -0.513. The predicted octanol–water partition coefficient (Wildman–Crippen LogP) is 4.56. The molecule has 1 N–H and O–H groups in total. The Labute approximate surface area is 166 Å². The van der Waals surface area contributed by atoms with E-state index in [4.69, 9.17) is 4.74 Å². The van der Waals surface area contributed by atoms with E-state index in [0.29, 0.717) is 0 Å². The number of ether oxygens (including phenoxy) is 1.